The second kappa shape index (κ2) is 9.17. The highest BCUT2D eigenvalue weighted by Gasteiger charge is 2.46. The third-order valence-corrected chi connectivity index (χ3v) is 7.88. The van der Waals surface area contributed by atoms with Crippen molar-refractivity contribution in [2.45, 2.75) is 67.5 Å². The third-order valence-electron chi connectivity index (χ3n) is 6.83. The maximum absolute atomic E-state index is 10.9. The van der Waals surface area contributed by atoms with Crippen LogP contribution in [0.15, 0.2) is 41.8 Å². The fourth-order valence-electron chi connectivity index (χ4n) is 4.91. The third kappa shape index (κ3) is 4.15. The van der Waals surface area contributed by atoms with Crippen molar-refractivity contribution in [2.24, 2.45) is 0 Å². The van der Waals surface area contributed by atoms with Gasteiger partial charge in [0.1, 0.15) is 18.3 Å². The number of fused-ring (bicyclic) bond motifs is 1. The summed E-state index contributed by atoms with van der Waals surface area (Å²) in [5, 5.41) is 41.3. The fourth-order valence-corrected chi connectivity index (χ4v) is 5.60. The number of benzene rings is 1. The van der Waals surface area contributed by atoms with Crippen LogP contribution in [-0.4, -0.2) is 74.4 Å². The molecular formula is C23H27N9O2S. The molecule has 6 rings (SSSR count). The second-order valence-electron chi connectivity index (χ2n) is 9.17. The van der Waals surface area contributed by atoms with Gasteiger partial charge in [0.05, 0.1) is 12.1 Å². The van der Waals surface area contributed by atoms with Crippen molar-refractivity contribution >= 4 is 28.7 Å². The van der Waals surface area contributed by atoms with Crippen LogP contribution in [0.2, 0.25) is 0 Å². The number of aliphatic hydroxyl groups is 2. The van der Waals surface area contributed by atoms with E-state index < -0.39 is 18.2 Å². The lowest BCUT2D eigenvalue weighted by Gasteiger charge is -2.17. The van der Waals surface area contributed by atoms with Gasteiger partial charge in [-0.05, 0) is 24.8 Å². The number of nitrogens with one attached hydrogen (secondary N) is 2. The minimum Gasteiger partial charge on any atom is -0.390 e. The van der Waals surface area contributed by atoms with Crippen molar-refractivity contribution in [1.82, 2.24) is 40.1 Å². The lowest BCUT2D eigenvalue weighted by atomic mass is 10.1. The van der Waals surface area contributed by atoms with E-state index in [1.807, 2.05) is 6.07 Å². The van der Waals surface area contributed by atoms with Gasteiger partial charge < -0.3 is 15.5 Å². The van der Waals surface area contributed by atoms with Crippen LogP contribution < -0.4 is 5.32 Å². The quantitative estimate of drug-likeness (QED) is 0.212. The highest BCUT2D eigenvalue weighted by Crippen LogP contribution is 2.44. The molecule has 1 aromatic carbocycles. The molecule has 0 radical (unpaired) electrons. The van der Waals surface area contributed by atoms with Crippen LogP contribution >= 0.6 is 11.8 Å². The number of aromatic nitrogens is 8. The average molecular weight is 494 g/mol. The summed E-state index contributed by atoms with van der Waals surface area (Å²) in [6.07, 6.45) is 1.80. The van der Waals surface area contributed by atoms with Crippen molar-refractivity contribution in [3.63, 3.8) is 0 Å². The number of hydrogen-bond acceptors (Lipinski definition) is 10. The predicted octanol–water partition coefficient (Wildman–Crippen LogP) is 2.26. The molecule has 6 atom stereocenters. The monoisotopic (exact) mass is 493 g/mol. The maximum atomic E-state index is 10.9. The van der Waals surface area contributed by atoms with Crippen molar-refractivity contribution in [2.75, 3.05) is 11.1 Å². The normalized spacial score (nSPS) is 28.0. The van der Waals surface area contributed by atoms with Gasteiger partial charge in [0.2, 0.25) is 0 Å². The first-order chi connectivity index (χ1) is 17.1. The number of hydrogen-bond donors (Lipinski definition) is 4. The zero-order valence-corrected chi connectivity index (χ0v) is 20.0. The van der Waals surface area contributed by atoms with Gasteiger partial charge >= 0.3 is 0 Å². The Kier molecular flexibility index (Phi) is 5.86. The summed E-state index contributed by atoms with van der Waals surface area (Å²) in [4.78, 5) is 13.7. The van der Waals surface area contributed by atoms with Gasteiger partial charge in [0, 0.05) is 23.6 Å². The van der Waals surface area contributed by atoms with Gasteiger partial charge in [-0.3, -0.25) is 5.10 Å². The molecule has 2 fully saturated rings. The van der Waals surface area contributed by atoms with E-state index in [1.165, 1.54) is 11.9 Å². The van der Waals surface area contributed by atoms with E-state index in [2.05, 4.69) is 62.0 Å². The Morgan fingerprint density at radius 3 is 2.74 bits per heavy atom. The van der Waals surface area contributed by atoms with Crippen LogP contribution in [-0.2, 0) is 0 Å². The van der Waals surface area contributed by atoms with E-state index in [-0.39, 0.29) is 12.0 Å². The van der Waals surface area contributed by atoms with Gasteiger partial charge in [0.25, 0.3) is 0 Å². The molecule has 2 aliphatic rings. The number of H-pyrrole nitrogens is 1. The van der Waals surface area contributed by atoms with Crippen LogP contribution in [0.4, 0.5) is 5.82 Å². The molecule has 0 unspecified atom stereocenters. The first kappa shape index (κ1) is 22.4. The minimum absolute atomic E-state index is 0.263. The number of aromatic amines is 1. The molecule has 0 spiro atoms. The molecule has 0 amide bonds. The molecule has 0 bridgehead atoms. The summed E-state index contributed by atoms with van der Waals surface area (Å²) in [6, 6.07) is 10.2. The molecule has 2 aliphatic carbocycles. The smallest absolute Gasteiger partial charge is 0.191 e. The van der Waals surface area contributed by atoms with Gasteiger partial charge in [-0.1, -0.05) is 54.2 Å². The Morgan fingerprint density at radius 2 is 1.97 bits per heavy atom. The van der Waals surface area contributed by atoms with E-state index >= 15 is 0 Å². The molecule has 0 aliphatic heterocycles. The highest BCUT2D eigenvalue weighted by molar-refractivity contribution is 7.99. The van der Waals surface area contributed by atoms with Crippen LogP contribution in [0.3, 0.4) is 0 Å². The second-order valence-corrected chi connectivity index (χ2v) is 10.2. The topological polar surface area (TPSA) is 151 Å². The minimum atomic E-state index is -1.04. The van der Waals surface area contributed by atoms with Crippen molar-refractivity contribution < 1.29 is 10.2 Å². The molecule has 35 heavy (non-hydrogen) atoms. The van der Waals surface area contributed by atoms with Crippen molar-refractivity contribution in [3.05, 3.63) is 48.0 Å². The lowest BCUT2D eigenvalue weighted by Crippen LogP contribution is -2.29. The predicted molar refractivity (Wildman–Crippen MR) is 130 cm³/mol. The number of aliphatic hydroxyl groups excluding tert-OH is 2. The molecule has 4 aromatic rings. The first-order valence-corrected chi connectivity index (χ1v) is 12.9. The zero-order chi connectivity index (χ0) is 23.9. The summed E-state index contributed by atoms with van der Waals surface area (Å²) in [5.74, 6) is 2.13. The largest absolute Gasteiger partial charge is 0.390 e. The number of nitrogens with zero attached hydrogens (tertiary/aromatic N) is 7. The van der Waals surface area contributed by atoms with E-state index in [0.29, 0.717) is 40.3 Å². The molecule has 0 saturated heterocycles. The lowest BCUT2D eigenvalue weighted by molar-refractivity contribution is 0.0146. The van der Waals surface area contributed by atoms with Crippen LogP contribution in [0.5, 0.6) is 0 Å². The SMILES string of the molecule is CCCSc1nc(N[C@@H]2C[C@H]2c2ccccc2)c2nnn([C@@H]3C[C@H](c4ncn[nH]4)[C@@H](O)[C@H]3O)c2n1. The molecule has 4 N–H and O–H groups in total. The zero-order valence-electron chi connectivity index (χ0n) is 19.2. The van der Waals surface area contributed by atoms with Crippen molar-refractivity contribution in [1.29, 1.82) is 0 Å². The molecule has 3 aromatic heterocycles. The van der Waals surface area contributed by atoms with E-state index in [9.17, 15) is 10.2 Å². The Labute approximate surface area is 205 Å². The Bertz CT molecular complexity index is 1300. The molecule has 12 heteroatoms. The standard InChI is InChI=1S/C23H27N9O2S/c1-2-8-35-23-27-21(26-15-9-13(15)12-6-4-3-5-7-12)17-22(28-23)32(31-29-17)16-10-14(18(33)19(16)34)20-24-11-25-30-20/h3-7,11,13-16,18-19,33-34H,2,8-10H2,1H3,(H,24,25,30)(H,26,27,28)/t13-,14-,15+,16+,18+,19-/m0/s1. The molecular weight excluding hydrogens is 466 g/mol. The Balaban J connectivity index is 1.32. The van der Waals surface area contributed by atoms with Crippen LogP contribution in [0.25, 0.3) is 11.2 Å². The van der Waals surface area contributed by atoms with E-state index in [1.54, 1.807) is 16.4 Å². The number of rotatable bonds is 8. The van der Waals surface area contributed by atoms with Gasteiger partial charge in [0.15, 0.2) is 22.1 Å². The fraction of sp³-hybridized carbons (Fsp3) is 0.478. The maximum Gasteiger partial charge on any atom is 0.191 e. The van der Waals surface area contributed by atoms with Gasteiger partial charge in [-0.15, -0.1) is 5.10 Å². The van der Waals surface area contributed by atoms with E-state index in [0.717, 1.165) is 18.6 Å². The summed E-state index contributed by atoms with van der Waals surface area (Å²) in [6.45, 7) is 2.12. The van der Waals surface area contributed by atoms with Crippen LogP contribution in [0.1, 0.15) is 55.5 Å². The highest BCUT2D eigenvalue weighted by atomic mass is 32.2. The first-order valence-electron chi connectivity index (χ1n) is 11.9. The summed E-state index contributed by atoms with van der Waals surface area (Å²) < 4.78 is 1.63. The molecule has 11 nitrogen and oxygen atoms in total. The molecule has 3 heterocycles. The average Bonchev–Trinajstić information content (AvgIpc) is 3.19. The Hall–Kier alpha value is -3.09. The molecule has 2 saturated carbocycles. The van der Waals surface area contributed by atoms with Crippen LogP contribution in [0, 0.1) is 0 Å². The van der Waals surface area contributed by atoms with Crippen molar-refractivity contribution in [3.8, 4) is 0 Å². The summed E-state index contributed by atoms with van der Waals surface area (Å²) >= 11 is 1.58. The number of thioether (sulfide) groups is 1. The summed E-state index contributed by atoms with van der Waals surface area (Å²) in [5.41, 5.74) is 2.42. The summed E-state index contributed by atoms with van der Waals surface area (Å²) in [7, 11) is 0. The number of anilines is 1. The van der Waals surface area contributed by atoms with Gasteiger partial charge in [-0.25, -0.2) is 19.6 Å². The van der Waals surface area contributed by atoms with E-state index in [4.69, 9.17) is 9.97 Å². The molecule has 182 valence electrons. The van der Waals surface area contributed by atoms with Gasteiger partial charge in [-0.2, -0.15) is 5.10 Å². The Morgan fingerprint density at radius 1 is 1.11 bits per heavy atom.